The van der Waals surface area contributed by atoms with E-state index < -0.39 is 0 Å². The third-order valence-corrected chi connectivity index (χ3v) is 14.2. The van der Waals surface area contributed by atoms with E-state index in [-0.39, 0.29) is 16.2 Å². The number of pyridine rings is 1. The molecule has 9 aromatic rings. The molecule has 0 spiro atoms. The second-order valence-corrected chi connectivity index (χ2v) is 18.4. The summed E-state index contributed by atoms with van der Waals surface area (Å²) in [5.74, 6) is 0. The maximum atomic E-state index is 4.88. The second-order valence-electron chi connectivity index (χ2n) is 18.4. The SMILES string of the molecule is CC1(C)c2ccccc2-c2cc(N3c4ccccc4C(C)(C)c4cc(-c5ccc6c(c5)c5ccccc5n6-c5ccc6c(c5)-c5ncccc5C6(C)C)ccc43)ccc21. The molecule has 0 unspecified atom stereocenters. The highest BCUT2D eigenvalue weighted by atomic mass is 15.2. The fraction of sp³-hybridized carbons (Fsp3) is 0.161. The number of nitrogens with zero attached hydrogens (tertiary/aromatic N) is 3. The molecule has 0 saturated carbocycles. The van der Waals surface area contributed by atoms with Crippen LogP contribution in [0, 0.1) is 0 Å². The van der Waals surface area contributed by atoms with Gasteiger partial charge in [0.25, 0.3) is 0 Å². The highest BCUT2D eigenvalue weighted by molar-refractivity contribution is 6.10. The molecule has 0 N–H and O–H groups in total. The van der Waals surface area contributed by atoms with Crippen molar-refractivity contribution in [1.29, 1.82) is 0 Å². The molecule has 3 heteroatoms. The predicted molar refractivity (Wildman–Crippen MR) is 246 cm³/mol. The number of hydrogen-bond donors (Lipinski definition) is 0. The Hall–Kier alpha value is -6.71. The lowest BCUT2D eigenvalue weighted by Gasteiger charge is -2.42. The number of hydrogen-bond acceptors (Lipinski definition) is 2. The Morgan fingerprint density at radius 1 is 0.390 bits per heavy atom. The third kappa shape index (κ3) is 4.56. The Labute approximate surface area is 346 Å². The Morgan fingerprint density at radius 2 is 0.983 bits per heavy atom. The van der Waals surface area contributed by atoms with E-state index in [0.717, 1.165) is 11.4 Å². The summed E-state index contributed by atoms with van der Waals surface area (Å²) in [7, 11) is 0. The van der Waals surface area contributed by atoms with Gasteiger partial charge < -0.3 is 9.47 Å². The molecular weight excluding hydrogens is 715 g/mol. The molecule has 2 aromatic heterocycles. The monoisotopic (exact) mass is 759 g/mol. The molecule has 1 aliphatic heterocycles. The Balaban J connectivity index is 1.00. The number of benzene rings is 7. The van der Waals surface area contributed by atoms with Crippen LogP contribution >= 0.6 is 0 Å². The van der Waals surface area contributed by atoms with Gasteiger partial charge >= 0.3 is 0 Å². The van der Waals surface area contributed by atoms with Gasteiger partial charge in [0.1, 0.15) is 0 Å². The Bertz CT molecular complexity index is 3260. The fourth-order valence-electron chi connectivity index (χ4n) is 11.1. The van der Waals surface area contributed by atoms with Crippen LogP contribution in [0.4, 0.5) is 17.1 Å². The minimum atomic E-state index is -0.209. The summed E-state index contributed by atoms with van der Waals surface area (Å²) in [6.07, 6.45) is 1.92. The summed E-state index contributed by atoms with van der Waals surface area (Å²) in [5.41, 5.74) is 22.4. The molecule has 59 heavy (non-hydrogen) atoms. The molecule has 0 amide bonds. The molecule has 3 nitrogen and oxygen atoms in total. The third-order valence-electron chi connectivity index (χ3n) is 14.2. The standard InChI is InChI=1S/C56H45N3/c1-54(2)43-16-9-7-14-38(43)40-32-36(23-25-44(40)54)59-51-20-12-10-17-46(51)56(5,6)48-31-35(22-28-52(48)59)34-21-27-50-41(30-34)39-15-8-11-19-49(39)58(50)37-24-26-45-42(33-37)53-47(55(45,3)4)18-13-29-57-53/h7-33H,1-6H3. The number of anilines is 3. The van der Waals surface area contributed by atoms with Crippen molar-refractivity contribution in [2.45, 2.75) is 57.8 Å². The number of para-hydroxylation sites is 2. The van der Waals surface area contributed by atoms with Gasteiger partial charge in [-0.05, 0) is 122 Å². The van der Waals surface area contributed by atoms with E-state index in [2.05, 4.69) is 209 Å². The van der Waals surface area contributed by atoms with E-state index in [1.54, 1.807) is 0 Å². The van der Waals surface area contributed by atoms with E-state index in [1.165, 1.54) is 100 Å². The zero-order valence-corrected chi connectivity index (χ0v) is 34.4. The van der Waals surface area contributed by atoms with Crippen LogP contribution in [0.1, 0.15) is 74.9 Å². The van der Waals surface area contributed by atoms with Crippen molar-refractivity contribution in [1.82, 2.24) is 9.55 Å². The Morgan fingerprint density at radius 3 is 1.85 bits per heavy atom. The Kier molecular flexibility index (Phi) is 6.81. The zero-order valence-electron chi connectivity index (χ0n) is 34.4. The van der Waals surface area contributed by atoms with Gasteiger partial charge in [-0.1, -0.05) is 133 Å². The summed E-state index contributed by atoms with van der Waals surface area (Å²) in [4.78, 5) is 7.37. The van der Waals surface area contributed by atoms with Crippen molar-refractivity contribution in [2.75, 3.05) is 4.90 Å². The maximum Gasteiger partial charge on any atom is 0.0746 e. The number of rotatable bonds is 3. The average Bonchev–Trinajstić information content (AvgIpc) is 3.80. The van der Waals surface area contributed by atoms with Crippen molar-refractivity contribution >= 4 is 38.9 Å². The van der Waals surface area contributed by atoms with Crippen LogP contribution in [0.3, 0.4) is 0 Å². The molecule has 12 rings (SSSR count). The first kappa shape index (κ1) is 34.3. The summed E-state index contributed by atoms with van der Waals surface area (Å²) < 4.78 is 2.43. The lowest BCUT2D eigenvalue weighted by molar-refractivity contribution is 0.632. The van der Waals surface area contributed by atoms with E-state index in [1.807, 2.05) is 6.20 Å². The van der Waals surface area contributed by atoms with Crippen molar-refractivity contribution in [3.8, 4) is 39.2 Å². The van der Waals surface area contributed by atoms with Crippen molar-refractivity contribution < 1.29 is 0 Å². The van der Waals surface area contributed by atoms with Crippen molar-refractivity contribution in [2.24, 2.45) is 0 Å². The fourth-order valence-corrected chi connectivity index (χ4v) is 11.1. The molecule has 0 saturated heterocycles. The van der Waals surface area contributed by atoms with Crippen LogP contribution in [-0.4, -0.2) is 9.55 Å². The number of aromatic nitrogens is 2. The van der Waals surface area contributed by atoms with Crippen LogP contribution in [-0.2, 0) is 16.2 Å². The highest BCUT2D eigenvalue weighted by Gasteiger charge is 2.40. The average molecular weight is 760 g/mol. The van der Waals surface area contributed by atoms with Gasteiger partial charge in [0.05, 0.1) is 28.1 Å². The minimum absolute atomic E-state index is 0.0332. The minimum Gasteiger partial charge on any atom is -0.310 e. The predicted octanol–water partition coefficient (Wildman–Crippen LogP) is 14.6. The van der Waals surface area contributed by atoms with Gasteiger partial charge in [-0.3, -0.25) is 4.98 Å². The van der Waals surface area contributed by atoms with Crippen LogP contribution in [0.2, 0.25) is 0 Å². The molecule has 2 aliphatic carbocycles. The largest absolute Gasteiger partial charge is 0.310 e. The van der Waals surface area contributed by atoms with Gasteiger partial charge in [-0.25, -0.2) is 0 Å². The van der Waals surface area contributed by atoms with E-state index in [4.69, 9.17) is 4.98 Å². The molecule has 7 aromatic carbocycles. The van der Waals surface area contributed by atoms with Gasteiger partial charge in [0, 0.05) is 50.2 Å². The summed E-state index contributed by atoms with van der Waals surface area (Å²) in [5, 5.41) is 2.51. The molecule has 0 radical (unpaired) electrons. The van der Waals surface area contributed by atoms with Crippen molar-refractivity contribution in [3.05, 3.63) is 197 Å². The van der Waals surface area contributed by atoms with E-state index in [0.29, 0.717) is 0 Å². The van der Waals surface area contributed by atoms with Crippen molar-refractivity contribution in [3.63, 3.8) is 0 Å². The van der Waals surface area contributed by atoms with Gasteiger partial charge in [-0.2, -0.15) is 0 Å². The summed E-state index contributed by atoms with van der Waals surface area (Å²) in [6, 6.07) is 59.3. The van der Waals surface area contributed by atoms with Crippen LogP contribution in [0.25, 0.3) is 61.0 Å². The first-order chi connectivity index (χ1) is 28.5. The molecular formula is C56H45N3. The first-order valence-corrected chi connectivity index (χ1v) is 21.0. The molecule has 0 fully saturated rings. The summed E-state index contributed by atoms with van der Waals surface area (Å²) in [6.45, 7) is 14.1. The highest BCUT2D eigenvalue weighted by Crippen LogP contribution is 2.55. The van der Waals surface area contributed by atoms with Crippen LogP contribution < -0.4 is 4.90 Å². The molecule has 3 aliphatic rings. The molecule has 3 heterocycles. The summed E-state index contributed by atoms with van der Waals surface area (Å²) >= 11 is 0. The van der Waals surface area contributed by atoms with E-state index in [9.17, 15) is 0 Å². The van der Waals surface area contributed by atoms with Gasteiger partial charge in [-0.15, -0.1) is 0 Å². The quantitative estimate of drug-likeness (QED) is 0.179. The van der Waals surface area contributed by atoms with Crippen LogP contribution in [0.15, 0.2) is 164 Å². The second kappa shape index (κ2) is 11.7. The lowest BCUT2D eigenvalue weighted by atomic mass is 9.73. The van der Waals surface area contributed by atoms with E-state index >= 15 is 0 Å². The number of fused-ring (bicyclic) bond motifs is 11. The normalized spacial score (nSPS) is 16.0. The molecule has 284 valence electrons. The molecule has 0 bridgehead atoms. The molecule has 0 atom stereocenters. The maximum absolute atomic E-state index is 4.88. The topological polar surface area (TPSA) is 21.1 Å². The smallest absolute Gasteiger partial charge is 0.0746 e. The van der Waals surface area contributed by atoms with Gasteiger partial charge in [0.2, 0.25) is 0 Å². The van der Waals surface area contributed by atoms with Crippen LogP contribution in [0.5, 0.6) is 0 Å². The van der Waals surface area contributed by atoms with Gasteiger partial charge in [0.15, 0.2) is 0 Å². The lowest BCUT2D eigenvalue weighted by Crippen LogP contribution is -2.30. The zero-order chi connectivity index (χ0) is 40.0. The first-order valence-electron chi connectivity index (χ1n) is 21.0.